The van der Waals surface area contributed by atoms with Crippen LogP contribution in [-0.4, -0.2) is 42.6 Å². The van der Waals surface area contributed by atoms with Crippen molar-refractivity contribution in [2.24, 2.45) is 11.8 Å². The van der Waals surface area contributed by atoms with Gasteiger partial charge in [-0.3, -0.25) is 4.79 Å². The first kappa shape index (κ1) is 22.7. The van der Waals surface area contributed by atoms with Gasteiger partial charge >= 0.3 is 5.97 Å². The van der Waals surface area contributed by atoms with Crippen molar-refractivity contribution >= 4 is 81.5 Å². The molecule has 0 heterocycles. The molecule has 0 aliphatic heterocycles. The summed E-state index contributed by atoms with van der Waals surface area (Å²) in [5.41, 5.74) is 0. The molecule has 0 bridgehead atoms. The Kier molecular flexibility index (Phi) is 8.95. The van der Waals surface area contributed by atoms with Gasteiger partial charge in [-0.25, -0.2) is 4.79 Å². The summed E-state index contributed by atoms with van der Waals surface area (Å²) in [6.07, 6.45) is -0.130. The van der Waals surface area contributed by atoms with Crippen molar-refractivity contribution in [2.45, 2.75) is 40.3 Å². The largest absolute Gasteiger partial charge is 0.480 e. The predicted octanol–water partition coefficient (Wildman–Crippen LogP) is 4.69. The molecule has 22 heavy (non-hydrogen) atoms. The first-order chi connectivity index (χ1) is 9.67. The highest BCUT2D eigenvalue weighted by Gasteiger charge is 2.37. The molecule has 1 amide bonds. The second kappa shape index (κ2) is 8.68. The fourth-order valence-electron chi connectivity index (χ4n) is 1.59. The van der Waals surface area contributed by atoms with Crippen LogP contribution in [-0.2, 0) is 9.59 Å². The van der Waals surface area contributed by atoms with Crippen LogP contribution in [0.25, 0.3) is 0 Å². The number of likely N-dealkylation sites (N-methyl/N-ethyl adjacent to an activating group) is 1. The van der Waals surface area contributed by atoms with E-state index < -0.39 is 37.3 Å². The minimum absolute atomic E-state index is 0.0176. The normalized spacial score (nSPS) is 16.8. The number of halogens is 6. The number of hydrogen-bond acceptors (Lipinski definition) is 2. The van der Waals surface area contributed by atoms with E-state index in [1.807, 2.05) is 0 Å². The van der Waals surface area contributed by atoms with Crippen LogP contribution in [0.2, 0.25) is 0 Å². The predicted molar refractivity (Wildman–Crippen MR) is 92.3 cm³/mol. The fraction of sp³-hybridized carbons (Fsp3) is 0.833. The molecule has 4 nitrogen and oxygen atoms in total. The molecule has 0 aromatic rings. The topological polar surface area (TPSA) is 57.6 Å². The zero-order chi connectivity index (χ0) is 17.9. The Morgan fingerprint density at radius 1 is 1.00 bits per heavy atom. The van der Waals surface area contributed by atoms with E-state index in [4.69, 9.17) is 69.6 Å². The lowest BCUT2D eigenvalue weighted by Gasteiger charge is -2.31. The number of nitrogens with zero attached hydrogens (tertiary/aromatic N) is 1. The quantitative estimate of drug-likeness (QED) is 0.615. The average molecular weight is 436 g/mol. The Morgan fingerprint density at radius 2 is 1.41 bits per heavy atom. The second-order valence-corrected chi connectivity index (χ2v) is 9.92. The van der Waals surface area contributed by atoms with Crippen LogP contribution in [0.1, 0.15) is 26.7 Å². The van der Waals surface area contributed by atoms with Crippen LogP contribution in [0.5, 0.6) is 0 Å². The molecule has 0 aliphatic rings. The SMILES string of the molecule is C[C@@H](CC(=O)N(C)[C@H](C[C@H](C)C(Cl)(Cl)Cl)C(=O)O)C(Cl)(Cl)Cl. The molecule has 0 aromatic heterocycles. The van der Waals surface area contributed by atoms with E-state index in [-0.39, 0.29) is 12.8 Å². The Hall–Kier alpha value is 0.680. The molecule has 3 atom stereocenters. The van der Waals surface area contributed by atoms with Crippen molar-refractivity contribution in [2.75, 3.05) is 7.05 Å². The van der Waals surface area contributed by atoms with Crippen LogP contribution in [0.15, 0.2) is 0 Å². The number of hydrogen-bond donors (Lipinski definition) is 1. The van der Waals surface area contributed by atoms with E-state index in [2.05, 4.69) is 0 Å². The van der Waals surface area contributed by atoms with E-state index in [1.54, 1.807) is 13.8 Å². The number of carbonyl (C=O) groups is 2. The molecular weight excluding hydrogens is 419 g/mol. The molecule has 0 radical (unpaired) electrons. The summed E-state index contributed by atoms with van der Waals surface area (Å²) in [6.45, 7) is 3.17. The van der Waals surface area contributed by atoms with Gasteiger partial charge in [0.1, 0.15) is 6.04 Å². The number of carboxylic acid groups (broad SMARTS) is 1. The first-order valence-corrected chi connectivity index (χ1v) is 8.56. The molecule has 1 N–H and O–H groups in total. The number of carbonyl (C=O) groups excluding carboxylic acids is 1. The molecule has 0 aliphatic carbocycles. The Balaban J connectivity index is 4.97. The van der Waals surface area contributed by atoms with Gasteiger partial charge in [0.15, 0.2) is 7.59 Å². The highest BCUT2D eigenvalue weighted by atomic mass is 35.6. The Morgan fingerprint density at radius 3 is 1.73 bits per heavy atom. The second-order valence-electron chi connectivity index (χ2n) is 5.18. The van der Waals surface area contributed by atoms with Gasteiger partial charge in [-0.1, -0.05) is 83.5 Å². The number of carboxylic acids is 1. The lowest BCUT2D eigenvalue weighted by molar-refractivity contribution is -0.150. The number of amides is 1. The van der Waals surface area contributed by atoms with E-state index in [0.717, 1.165) is 4.90 Å². The molecule has 0 spiro atoms. The molecule has 0 unspecified atom stereocenters. The van der Waals surface area contributed by atoms with Gasteiger partial charge in [0, 0.05) is 25.3 Å². The molecule has 0 saturated carbocycles. The van der Waals surface area contributed by atoms with E-state index in [0.29, 0.717) is 0 Å². The third-order valence-corrected chi connectivity index (χ3v) is 5.56. The Labute approximate surface area is 159 Å². The van der Waals surface area contributed by atoms with Crippen LogP contribution < -0.4 is 0 Å². The smallest absolute Gasteiger partial charge is 0.326 e. The van der Waals surface area contributed by atoms with Crippen molar-refractivity contribution < 1.29 is 14.7 Å². The van der Waals surface area contributed by atoms with Gasteiger partial charge in [0.25, 0.3) is 0 Å². The lowest BCUT2D eigenvalue weighted by atomic mass is 10.0. The van der Waals surface area contributed by atoms with E-state index in [1.165, 1.54) is 7.05 Å². The third-order valence-electron chi connectivity index (χ3n) is 3.32. The summed E-state index contributed by atoms with van der Waals surface area (Å²) in [5, 5.41) is 9.30. The first-order valence-electron chi connectivity index (χ1n) is 6.29. The molecule has 0 saturated heterocycles. The highest BCUT2D eigenvalue weighted by molar-refractivity contribution is 6.68. The van der Waals surface area contributed by atoms with Crippen LogP contribution >= 0.6 is 69.6 Å². The molecular formula is C12H17Cl6NO3. The van der Waals surface area contributed by atoms with Crippen LogP contribution in [0.3, 0.4) is 0 Å². The van der Waals surface area contributed by atoms with Gasteiger partial charge in [0.2, 0.25) is 5.91 Å². The monoisotopic (exact) mass is 433 g/mol. The maximum absolute atomic E-state index is 12.2. The van der Waals surface area contributed by atoms with E-state index >= 15 is 0 Å². The van der Waals surface area contributed by atoms with Crippen LogP contribution in [0, 0.1) is 11.8 Å². The summed E-state index contributed by atoms with van der Waals surface area (Å²) in [5.74, 6) is -2.81. The summed E-state index contributed by atoms with van der Waals surface area (Å²) >= 11 is 34.4. The number of alkyl halides is 6. The average Bonchev–Trinajstić information content (AvgIpc) is 2.31. The van der Waals surface area contributed by atoms with Crippen molar-refractivity contribution in [3.63, 3.8) is 0 Å². The van der Waals surface area contributed by atoms with Gasteiger partial charge in [-0.05, 0) is 6.42 Å². The van der Waals surface area contributed by atoms with Gasteiger partial charge in [-0.15, -0.1) is 0 Å². The van der Waals surface area contributed by atoms with Crippen molar-refractivity contribution in [1.29, 1.82) is 0 Å². The maximum Gasteiger partial charge on any atom is 0.326 e. The summed E-state index contributed by atoms with van der Waals surface area (Å²) in [4.78, 5) is 24.6. The van der Waals surface area contributed by atoms with E-state index in [9.17, 15) is 14.7 Å². The van der Waals surface area contributed by atoms with Crippen molar-refractivity contribution in [3.8, 4) is 0 Å². The van der Waals surface area contributed by atoms with Crippen LogP contribution in [0.4, 0.5) is 0 Å². The lowest BCUT2D eigenvalue weighted by Crippen LogP contribution is -2.45. The number of aliphatic carboxylic acids is 1. The van der Waals surface area contributed by atoms with Crippen molar-refractivity contribution in [1.82, 2.24) is 4.90 Å². The van der Waals surface area contributed by atoms with Gasteiger partial charge < -0.3 is 10.0 Å². The highest BCUT2D eigenvalue weighted by Crippen LogP contribution is 2.39. The van der Waals surface area contributed by atoms with Gasteiger partial charge in [0.05, 0.1) is 0 Å². The zero-order valence-electron chi connectivity index (χ0n) is 12.1. The minimum Gasteiger partial charge on any atom is -0.480 e. The van der Waals surface area contributed by atoms with Crippen molar-refractivity contribution in [3.05, 3.63) is 0 Å². The third kappa shape index (κ3) is 7.50. The zero-order valence-corrected chi connectivity index (χ0v) is 16.7. The molecule has 0 fully saturated rings. The number of rotatable bonds is 6. The fourth-order valence-corrected chi connectivity index (χ4v) is 2.09. The summed E-state index contributed by atoms with van der Waals surface area (Å²) in [6, 6.07) is -1.14. The molecule has 130 valence electrons. The molecule has 0 rings (SSSR count). The Bertz CT molecular complexity index is 407. The standard InChI is InChI=1S/C12H17Cl6NO3/c1-6(11(13,14)15)4-8(10(21)22)19(3)9(20)5-7(2)12(16,17)18/h6-8H,4-5H2,1-3H3,(H,21,22)/t6-,7-,8+/m0/s1. The van der Waals surface area contributed by atoms with Gasteiger partial charge in [-0.2, -0.15) is 0 Å². The summed E-state index contributed by atoms with van der Waals surface area (Å²) in [7, 11) is 1.36. The molecule has 0 aromatic carbocycles. The maximum atomic E-state index is 12.2. The minimum atomic E-state index is -1.62. The summed E-state index contributed by atoms with van der Waals surface area (Å²) < 4.78 is -3.23. The molecule has 10 heteroatoms.